The van der Waals surface area contributed by atoms with Crippen LogP contribution >= 0.6 is 0 Å². The molecule has 3 heterocycles. The van der Waals surface area contributed by atoms with Crippen molar-refractivity contribution in [2.75, 3.05) is 11.4 Å². The predicted molar refractivity (Wildman–Crippen MR) is 101 cm³/mol. The maximum atomic E-state index is 13.0. The van der Waals surface area contributed by atoms with Gasteiger partial charge in [-0.3, -0.25) is 9.48 Å². The quantitative estimate of drug-likeness (QED) is 0.656. The number of carbonyl (C=O) groups excluding carboxylic acids is 1. The van der Waals surface area contributed by atoms with Gasteiger partial charge in [-0.05, 0) is 30.5 Å². The van der Waals surface area contributed by atoms with E-state index in [0.29, 0.717) is 18.7 Å². The lowest BCUT2D eigenvalue weighted by Gasteiger charge is -2.20. The van der Waals surface area contributed by atoms with Crippen LogP contribution in [0.1, 0.15) is 43.6 Å². The Hall–Kier alpha value is -3.10. The van der Waals surface area contributed by atoms with Gasteiger partial charge >= 0.3 is 6.18 Å². The van der Waals surface area contributed by atoms with Gasteiger partial charge in [0.2, 0.25) is 0 Å². The third-order valence-corrected chi connectivity index (χ3v) is 5.02. The van der Waals surface area contributed by atoms with Gasteiger partial charge in [-0.2, -0.15) is 23.4 Å². The summed E-state index contributed by atoms with van der Waals surface area (Å²) in [5, 5.41) is 8.05. The third-order valence-electron chi connectivity index (χ3n) is 5.02. The summed E-state index contributed by atoms with van der Waals surface area (Å²) in [6.07, 6.45) is -1.29. The van der Waals surface area contributed by atoms with E-state index in [2.05, 4.69) is 10.2 Å². The van der Waals surface area contributed by atoms with Gasteiger partial charge in [-0.25, -0.2) is 4.68 Å². The fourth-order valence-corrected chi connectivity index (χ4v) is 3.68. The van der Waals surface area contributed by atoms with Crippen LogP contribution in [0, 0.1) is 0 Å². The van der Waals surface area contributed by atoms with E-state index in [0.717, 1.165) is 22.1 Å². The monoisotopic (exact) mass is 403 g/mol. The fourth-order valence-electron chi connectivity index (χ4n) is 3.68. The molecule has 0 spiro atoms. The number of hydrogen-bond acceptors (Lipinski definition) is 3. The van der Waals surface area contributed by atoms with Crippen LogP contribution in [0.15, 0.2) is 48.8 Å². The molecule has 1 amide bonds. The van der Waals surface area contributed by atoms with Gasteiger partial charge in [0.25, 0.3) is 5.91 Å². The summed E-state index contributed by atoms with van der Waals surface area (Å²) in [7, 11) is 0. The number of alkyl halides is 3. The number of carbonyl (C=O) groups is 1. The number of anilines is 1. The van der Waals surface area contributed by atoms with Crippen LogP contribution in [0.3, 0.4) is 0 Å². The van der Waals surface area contributed by atoms with Crippen LogP contribution in [0.5, 0.6) is 0 Å². The Morgan fingerprint density at radius 1 is 1.14 bits per heavy atom. The lowest BCUT2D eigenvalue weighted by molar-refractivity contribution is -0.141. The minimum atomic E-state index is -4.53. The average Bonchev–Trinajstić information content (AvgIpc) is 3.39. The minimum Gasteiger partial charge on any atom is -0.307 e. The summed E-state index contributed by atoms with van der Waals surface area (Å²) in [6, 6.07) is 9.73. The molecule has 6 nitrogen and oxygen atoms in total. The lowest BCUT2D eigenvalue weighted by atomic mass is 10.1. The fraction of sp³-hybridized carbons (Fsp3) is 0.350. The van der Waals surface area contributed by atoms with E-state index in [9.17, 15) is 18.0 Å². The number of para-hydroxylation sites is 1. The van der Waals surface area contributed by atoms with E-state index >= 15 is 0 Å². The lowest BCUT2D eigenvalue weighted by Crippen LogP contribution is -2.29. The molecule has 1 aliphatic heterocycles. The van der Waals surface area contributed by atoms with Crippen molar-refractivity contribution in [3.63, 3.8) is 0 Å². The second-order valence-electron chi connectivity index (χ2n) is 7.29. The van der Waals surface area contributed by atoms with E-state index in [1.807, 2.05) is 44.2 Å². The molecule has 0 radical (unpaired) electrons. The Labute approximate surface area is 165 Å². The average molecular weight is 403 g/mol. The van der Waals surface area contributed by atoms with Gasteiger partial charge in [-0.1, -0.05) is 32.0 Å². The molecular weight excluding hydrogens is 383 g/mol. The summed E-state index contributed by atoms with van der Waals surface area (Å²) in [5.74, 6) is -0.197. The first-order chi connectivity index (χ1) is 13.8. The van der Waals surface area contributed by atoms with Crippen molar-refractivity contribution >= 4 is 11.6 Å². The molecule has 0 N–H and O–H groups in total. The van der Waals surface area contributed by atoms with E-state index in [-0.39, 0.29) is 11.8 Å². The molecule has 1 aromatic carbocycles. The van der Waals surface area contributed by atoms with Crippen LogP contribution in [-0.2, 0) is 11.0 Å². The summed E-state index contributed by atoms with van der Waals surface area (Å²) < 4.78 is 41.5. The van der Waals surface area contributed by atoms with Gasteiger partial charge < -0.3 is 4.90 Å². The molecule has 0 saturated carbocycles. The second kappa shape index (κ2) is 7.06. The first kappa shape index (κ1) is 19.2. The van der Waals surface area contributed by atoms with Crippen molar-refractivity contribution in [3.8, 4) is 5.69 Å². The van der Waals surface area contributed by atoms with Crippen LogP contribution in [-0.4, -0.2) is 32.0 Å². The summed E-state index contributed by atoms with van der Waals surface area (Å²) in [4.78, 5) is 14.6. The Morgan fingerprint density at radius 2 is 1.86 bits per heavy atom. The minimum absolute atomic E-state index is 0.0843. The highest BCUT2D eigenvalue weighted by Gasteiger charge is 2.39. The van der Waals surface area contributed by atoms with Crippen LogP contribution in [0.25, 0.3) is 5.69 Å². The van der Waals surface area contributed by atoms with Gasteiger partial charge in [0.05, 0.1) is 23.3 Å². The zero-order chi connectivity index (χ0) is 20.8. The standard InChI is InChI=1S/C20H20F3N5O/c1-13(2)18-16(12-24-28(18)14-6-4-3-5-7-14)26-10-8-15(19(26)29)27-11-9-17(25-27)20(21,22)23/h3-7,9,11-13,15H,8,10H2,1-2H3. The van der Waals surface area contributed by atoms with E-state index in [4.69, 9.17) is 0 Å². The van der Waals surface area contributed by atoms with E-state index in [1.54, 1.807) is 15.8 Å². The second-order valence-corrected chi connectivity index (χ2v) is 7.29. The van der Waals surface area contributed by atoms with Crippen molar-refractivity contribution in [1.29, 1.82) is 0 Å². The third kappa shape index (κ3) is 3.41. The molecule has 1 saturated heterocycles. The van der Waals surface area contributed by atoms with Gasteiger partial charge in [0, 0.05) is 12.7 Å². The van der Waals surface area contributed by atoms with E-state index < -0.39 is 17.9 Å². The largest absolute Gasteiger partial charge is 0.435 e. The van der Waals surface area contributed by atoms with Crippen molar-refractivity contribution in [2.24, 2.45) is 0 Å². The predicted octanol–water partition coefficient (Wildman–Crippen LogP) is 4.19. The summed E-state index contributed by atoms with van der Waals surface area (Å²) >= 11 is 0. The number of nitrogens with zero attached hydrogens (tertiary/aromatic N) is 5. The molecule has 0 bridgehead atoms. The Bertz CT molecular complexity index is 1020. The molecule has 2 aromatic heterocycles. The molecule has 9 heteroatoms. The van der Waals surface area contributed by atoms with Crippen molar-refractivity contribution < 1.29 is 18.0 Å². The Balaban J connectivity index is 1.66. The molecule has 3 aromatic rings. The number of aromatic nitrogens is 4. The SMILES string of the molecule is CC(C)c1c(N2CCC(n3ccc(C(F)(F)F)n3)C2=O)cnn1-c1ccccc1. The van der Waals surface area contributed by atoms with Crippen molar-refractivity contribution in [3.05, 3.63) is 60.2 Å². The smallest absolute Gasteiger partial charge is 0.307 e. The zero-order valence-corrected chi connectivity index (χ0v) is 16.0. The Morgan fingerprint density at radius 3 is 2.48 bits per heavy atom. The highest BCUT2D eigenvalue weighted by atomic mass is 19.4. The first-order valence-corrected chi connectivity index (χ1v) is 9.34. The van der Waals surface area contributed by atoms with Crippen LogP contribution in [0.2, 0.25) is 0 Å². The number of halogens is 3. The van der Waals surface area contributed by atoms with Gasteiger partial charge in [0.1, 0.15) is 6.04 Å². The highest BCUT2D eigenvalue weighted by molar-refractivity contribution is 5.98. The molecule has 29 heavy (non-hydrogen) atoms. The maximum absolute atomic E-state index is 13.0. The summed E-state index contributed by atoms with van der Waals surface area (Å²) in [6.45, 7) is 4.42. The normalized spacial score (nSPS) is 17.5. The topological polar surface area (TPSA) is 56.0 Å². The zero-order valence-electron chi connectivity index (χ0n) is 16.0. The number of benzene rings is 1. The maximum Gasteiger partial charge on any atom is 0.435 e. The van der Waals surface area contributed by atoms with E-state index in [1.165, 1.54) is 6.20 Å². The van der Waals surface area contributed by atoms with Crippen LogP contribution < -0.4 is 4.90 Å². The Kier molecular flexibility index (Phi) is 4.68. The number of amides is 1. The molecule has 1 aliphatic rings. The highest BCUT2D eigenvalue weighted by Crippen LogP contribution is 2.35. The van der Waals surface area contributed by atoms with Gasteiger partial charge in [0.15, 0.2) is 5.69 Å². The summed E-state index contributed by atoms with van der Waals surface area (Å²) in [5.41, 5.74) is 1.44. The number of rotatable bonds is 4. The van der Waals surface area contributed by atoms with Crippen molar-refractivity contribution in [1.82, 2.24) is 19.6 Å². The van der Waals surface area contributed by atoms with Gasteiger partial charge in [-0.15, -0.1) is 0 Å². The number of hydrogen-bond donors (Lipinski definition) is 0. The van der Waals surface area contributed by atoms with Crippen molar-refractivity contribution in [2.45, 2.75) is 38.4 Å². The molecule has 1 fully saturated rings. The molecule has 0 aliphatic carbocycles. The molecular formula is C20H20F3N5O. The van der Waals surface area contributed by atoms with Crippen LogP contribution in [0.4, 0.5) is 18.9 Å². The molecule has 152 valence electrons. The molecule has 4 rings (SSSR count). The molecule has 1 atom stereocenters. The first-order valence-electron chi connectivity index (χ1n) is 9.34. The molecule has 1 unspecified atom stereocenters.